The summed E-state index contributed by atoms with van der Waals surface area (Å²) >= 11 is 5.83. The lowest BCUT2D eigenvalue weighted by Crippen LogP contribution is -2.32. The van der Waals surface area contributed by atoms with Crippen LogP contribution in [0.1, 0.15) is 17.5 Å². The van der Waals surface area contributed by atoms with Gasteiger partial charge in [-0.1, -0.05) is 17.7 Å². The van der Waals surface area contributed by atoms with Gasteiger partial charge in [-0.05, 0) is 36.8 Å². The zero-order chi connectivity index (χ0) is 20.4. The van der Waals surface area contributed by atoms with Crippen LogP contribution < -0.4 is 10.9 Å². The molecule has 3 aromatic rings. The van der Waals surface area contributed by atoms with E-state index in [2.05, 4.69) is 20.5 Å². The van der Waals surface area contributed by atoms with Gasteiger partial charge in [0.15, 0.2) is 5.82 Å². The van der Waals surface area contributed by atoms with Gasteiger partial charge in [0.05, 0.1) is 23.3 Å². The highest BCUT2D eigenvalue weighted by atomic mass is 35.5. The van der Waals surface area contributed by atoms with Gasteiger partial charge < -0.3 is 14.6 Å². The zero-order valence-electron chi connectivity index (χ0n) is 15.9. The average Bonchev–Trinajstić information content (AvgIpc) is 3.00. The van der Waals surface area contributed by atoms with Crippen molar-refractivity contribution in [2.45, 2.75) is 19.6 Å². The van der Waals surface area contributed by atoms with Gasteiger partial charge in [-0.25, -0.2) is 9.37 Å². The Bertz CT molecular complexity index is 1070. The minimum atomic E-state index is -0.483. The molecule has 0 amide bonds. The molecule has 0 bridgehead atoms. The maximum absolute atomic E-state index is 14.0. The molecule has 0 aliphatic carbocycles. The van der Waals surface area contributed by atoms with Crippen molar-refractivity contribution in [2.75, 3.05) is 19.7 Å². The summed E-state index contributed by atoms with van der Waals surface area (Å²) in [6.07, 6.45) is 1.37. The molecule has 3 heterocycles. The van der Waals surface area contributed by atoms with Gasteiger partial charge in [0, 0.05) is 31.7 Å². The molecule has 4 rings (SSSR count). The molecule has 1 aliphatic heterocycles. The average molecular weight is 418 g/mol. The summed E-state index contributed by atoms with van der Waals surface area (Å²) in [7, 11) is 0. The number of hydrogen-bond acceptors (Lipinski definition) is 5. The number of nitrogens with one attached hydrogen (secondary N) is 2. The van der Waals surface area contributed by atoms with Crippen LogP contribution in [0.25, 0.3) is 11.4 Å². The van der Waals surface area contributed by atoms with Crippen LogP contribution in [0.4, 0.5) is 4.39 Å². The summed E-state index contributed by atoms with van der Waals surface area (Å²) in [5.74, 6) is 0.442. The molecule has 0 spiro atoms. The molecule has 7 nitrogen and oxygen atoms in total. The van der Waals surface area contributed by atoms with Gasteiger partial charge in [-0.15, -0.1) is 0 Å². The number of aromatic nitrogens is 4. The maximum atomic E-state index is 14.0. The van der Waals surface area contributed by atoms with Gasteiger partial charge in [0.1, 0.15) is 11.6 Å². The van der Waals surface area contributed by atoms with E-state index in [0.29, 0.717) is 49.0 Å². The summed E-state index contributed by atoms with van der Waals surface area (Å²) in [6.45, 7) is 4.00. The van der Waals surface area contributed by atoms with E-state index in [1.54, 1.807) is 35.9 Å². The first-order valence-electron chi connectivity index (χ1n) is 9.39. The smallest absolute Gasteiger partial charge is 0.261 e. The molecule has 152 valence electrons. The fourth-order valence-electron chi connectivity index (χ4n) is 3.57. The van der Waals surface area contributed by atoms with Crippen molar-refractivity contribution in [3.63, 3.8) is 0 Å². The minimum Gasteiger partial charge on any atom is -0.372 e. The summed E-state index contributed by atoms with van der Waals surface area (Å²) in [5.41, 5.74) is 0.944. The number of halogens is 2. The first-order chi connectivity index (χ1) is 14.0. The number of nitrogens with zero attached hydrogens (tertiary/aromatic N) is 3. The first-order valence-corrected chi connectivity index (χ1v) is 9.77. The number of hydrogen-bond donors (Lipinski definition) is 2. The lowest BCUT2D eigenvalue weighted by Gasteiger charge is -2.26. The molecule has 1 saturated heterocycles. The van der Waals surface area contributed by atoms with Gasteiger partial charge in [0.2, 0.25) is 0 Å². The van der Waals surface area contributed by atoms with E-state index in [9.17, 15) is 9.18 Å². The van der Waals surface area contributed by atoms with E-state index >= 15 is 0 Å². The summed E-state index contributed by atoms with van der Waals surface area (Å²) in [6, 6.07) is 8.20. The fourth-order valence-corrected chi connectivity index (χ4v) is 3.69. The Labute approximate surface area is 171 Å². The second-order valence-corrected chi connectivity index (χ2v) is 7.46. The second-order valence-electron chi connectivity index (χ2n) is 7.05. The molecule has 1 aromatic carbocycles. The predicted octanol–water partition coefficient (Wildman–Crippen LogP) is 2.71. The number of rotatable bonds is 4. The predicted molar refractivity (Wildman–Crippen MR) is 107 cm³/mol. The number of aryl methyl sites for hydroxylation is 1. The van der Waals surface area contributed by atoms with Crippen LogP contribution in [0.3, 0.4) is 0 Å². The molecule has 1 aliphatic rings. The van der Waals surface area contributed by atoms with Crippen molar-refractivity contribution in [1.82, 2.24) is 25.1 Å². The van der Waals surface area contributed by atoms with E-state index in [0.717, 1.165) is 0 Å². The van der Waals surface area contributed by atoms with Crippen LogP contribution in [0.5, 0.6) is 0 Å². The Morgan fingerprint density at radius 2 is 2.24 bits per heavy atom. The third kappa shape index (κ3) is 4.24. The normalized spacial score (nSPS) is 19.8. The topological polar surface area (TPSA) is 84.8 Å². The molecule has 29 heavy (non-hydrogen) atoms. The van der Waals surface area contributed by atoms with Crippen LogP contribution >= 0.6 is 11.6 Å². The van der Waals surface area contributed by atoms with E-state index in [1.165, 1.54) is 12.1 Å². The van der Waals surface area contributed by atoms with Gasteiger partial charge in [0.25, 0.3) is 5.56 Å². The van der Waals surface area contributed by atoms with Crippen LogP contribution in [-0.4, -0.2) is 39.4 Å². The Hall–Kier alpha value is -2.55. The van der Waals surface area contributed by atoms with Crippen molar-refractivity contribution >= 4 is 11.6 Å². The lowest BCUT2D eigenvalue weighted by atomic mass is 9.95. The molecule has 2 atom stereocenters. The van der Waals surface area contributed by atoms with Gasteiger partial charge in [-0.2, -0.15) is 5.10 Å². The first kappa shape index (κ1) is 19.8. The van der Waals surface area contributed by atoms with Crippen molar-refractivity contribution in [2.24, 2.45) is 5.92 Å². The summed E-state index contributed by atoms with van der Waals surface area (Å²) < 4.78 is 21.7. The Morgan fingerprint density at radius 1 is 1.38 bits per heavy atom. The molecule has 2 unspecified atom stereocenters. The number of ether oxygens (including phenoxy) is 1. The van der Waals surface area contributed by atoms with Crippen molar-refractivity contribution in [3.05, 3.63) is 69.1 Å². The van der Waals surface area contributed by atoms with E-state index < -0.39 is 5.82 Å². The number of H-pyrrole nitrogens is 1. The maximum Gasteiger partial charge on any atom is 0.261 e. The van der Waals surface area contributed by atoms with Crippen LogP contribution in [0, 0.1) is 18.7 Å². The highest BCUT2D eigenvalue weighted by Crippen LogP contribution is 2.30. The number of aromatic amines is 1. The number of pyridine rings is 1. The highest BCUT2D eigenvalue weighted by Gasteiger charge is 2.28. The quantitative estimate of drug-likeness (QED) is 0.681. The SMILES string of the molecule is Cc1nc(-c2cccn(CC3CNCCOC3c3ccc(Cl)c(F)c3)c2=O)n[nH]1. The van der Waals surface area contributed by atoms with Gasteiger partial charge in [-0.3, -0.25) is 9.89 Å². The third-order valence-electron chi connectivity index (χ3n) is 4.97. The van der Waals surface area contributed by atoms with Crippen molar-refractivity contribution in [3.8, 4) is 11.4 Å². The molecule has 1 fully saturated rings. The fraction of sp³-hybridized carbons (Fsp3) is 0.350. The number of benzene rings is 1. The minimum absolute atomic E-state index is 0.0720. The van der Waals surface area contributed by atoms with Crippen LogP contribution in [-0.2, 0) is 11.3 Å². The molecule has 2 aromatic heterocycles. The molecule has 9 heteroatoms. The largest absolute Gasteiger partial charge is 0.372 e. The van der Waals surface area contributed by atoms with Crippen molar-refractivity contribution < 1.29 is 9.13 Å². The van der Waals surface area contributed by atoms with E-state index in [4.69, 9.17) is 16.3 Å². The third-order valence-corrected chi connectivity index (χ3v) is 5.28. The van der Waals surface area contributed by atoms with E-state index in [-0.39, 0.29) is 22.6 Å². The Balaban J connectivity index is 1.65. The second kappa shape index (κ2) is 8.44. The molecule has 0 saturated carbocycles. The molecular weight excluding hydrogens is 397 g/mol. The zero-order valence-corrected chi connectivity index (χ0v) is 16.6. The molecule has 2 N–H and O–H groups in total. The van der Waals surface area contributed by atoms with Gasteiger partial charge >= 0.3 is 0 Å². The van der Waals surface area contributed by atoms with Crippen LogP contribution in [0.15, 0.2) is 41.3 Å². The highest BCUT2D eigenvalue weighted by molar-refractivity contribution is 6.30. The Kier molecular flexibility index (Phi) is 5.75. The molecular formula is C20H21ClFN5O2. The van der Waals surface area contributed by atoms with Crippen molar-refractivity contribution in [1.29, 1.82) is 0 Å². The molecule has 0 radical (unpaired) electrons. The Morgan fingerprint density at radius 3 is 3.00 bits per heavy atom. The monoisotopic (exact) mass is 417 g/mol. The van der Waals surface area contributed by atoms with Crippen LogP contribution in [0.2, 0.25) is 5.02 Å². The summed E-state index contributed by atoms with van der Waals surface area (Å²) in [4.78, 5) is 17.3. The summed E-state index contributed by atoms with van der Waals surface area (Å²) in [5, 5.41) is 10.2. The van der Waals surface area contributed by atoms with E-state index in [1.807, 2.05) is 0 Å². The lowest BCUT2D eigenvalue weighted by molar-refractivity contribution is 0.0249. The standard InChI is InChI=1S/C20H21ClFN5O2/c1-12-24-19(26-25-12)15-3-2-7-27(20(15)28)11-14-10-23-6-8-29-18(14)13-4-5-16(21)17(22)9-13/h2-5,7,9,14,18,23H,6,8,10-11H2,1H3,(H,24,25,26).